The van der Waals surface area contributed by atoms with Crippen LogP contribution in [0.2, 0.25) is 0 Å². The van der Waals surface area contributed by atoms with E-state index in [-0.39, 0.29) is 0 Å². The Morgan fingerprint density at radius 1 is 1.00 bits per heavy atom. The standard InChI is InChI=1S/C6H14N2O2/c1-5(9)3-7-8-4-6(2)10/h5-6,9-10H,3-4H2,1-2H3/b8-7+. The van der Waals surface area contributed by atoms with Crippen molar-refractivity contribution in [1.29, 1.82) is 0 Å². The Bertz CT molecular complexity index is 89.9. The lowest BCUT2D eigenvalue weighted by atomic mass is 10.4. The molecule has 10 heavy (non-hydrogen) atoms. The average molecular weight is 146 g/mol. The first-order valence-electron chi connectivity index (χ1n) is 3.32. The van der Waals surface area contributed by atoms with Crippen molar-refractivity contribution in [3.63, 3.8) is 0 Å². The second-order valence-electron chi connectivity index (χ2n) is 2.35. The van der Waals surface area contributed by atoms with E-state index in [0.29, 0.717) is 13.1 Å². The minimum atomic E-state index is -0.447. The van der Waals surface area contributed by atoms with E-state index in [0.717, 1.165) is 0 Å². The minimum absolute atomic E-state index is 0.312. The smallest absolute Gasteiger partial charge is 0.0855 e. The molecule has 0 bridgehead atoms. The van der Waals surface area contributed by atoms with Gasteiger partial charge in [0.15, 0.2) is 0 Å². The van der Waals surface area contributed by atoms with Gasteiger partial charge in [0.2, 0.25) is 0 Å². The Hall–Kier alpha value is -0.480. The lowest BCUT2D eigenvalue weighted by molar-refractivity contribution is 0.192. The molecule has 2 atom stereocenters. The predicted molar refractivity (Wildman–Crippen MR) is 38.0 cm³/mol. The van der Waals surface area contributed by atoms with E-state index in [9.17, 15) is 0 Å². The summed E-state index contributed by atoms with van der Waals surface area (Å²) in [5.41, 5.74) is 0. The summed E-state index contributed by atoms with van der Waals surface area (Å²) in [7, 11) is 0. The van der Waals surface area contributed by atoms with Gasteiger partial charge in [0, 0.05) is 0 Å². The molecule has 0 aliphatic heterocycles. The van der Waals surface area contributed by atoms with Crippen molar-refractivity contribution in [1.82, 2.24) is 0 Å². The molecule has 2 N–H and O–H groups in total. The average Bonchev–Trinajstić information content (AvgIpc) is 1.79. The lowest BCUT2D eigenvalue weighted by Crippen LogP contribution is -2.06. The van der Waals surface area contributed by atoms with Crippen LogP contribution in [0.3, 0.4) is 0 Å². The van der Waals surface area contributed by atoms with Gasteiger partial charge in [-0.15, -0.1) is 0 Å². The molecule has 0 fully saturated rings. The summed E-state index contributed by atoms with van der Waals surface area (Å²) in [6.45, 7) is 3.90. The molecule has 0 aliphatic rings. The fourth-order valence-corrected chi connectivity index (χ4v) is 0.352. The molecule has 0 aliphatic carbocycles. The summed E-state index contributed by atoms with van der Waals surface area (Å²) < 4.78 is 0. The first-order valence-corrected chi connectivity index (χ1v) is 3.32. The number of hydrogen-bond acceptors (Lipinski definition) is 4. The molecule has 0 radical (unpaired) electrons. The van der Waals surface area contributed by atoms with Crippen LogP contribution in [0.25, 0.3) is 0 Å². The van der Waals surface area contributed by atoms with E-state index in [1.807, 2.05) is 0 Å². The summed E-state index contributed by atoms with van der Waals surface area (Å²) in [5, 5.41) is 24.7. The van der Waals surface area contributed by atoms with E-state index in [1.54, 1.807) is 13.8 Å². The molecule has 60 valence electrons. The molecule has 0 aromatic heterocycles. The quantitative estimate of drug-likeness (QED) is 0.556. The molecule has 0 saturated heterocycles. The highest BCUT2D eigenvalue weighted by atomic mass is 16.3. The largest absolute Gasteiger partial charge is 0.391 e. The highest BCUT2D eigenvalue weighted by Crippen LogP contribution is 1.85. The Morgan fingerprint density at radius 3 is 1.50 bits per heavy atom. The van der Waals surface area contributed by atoms with Crippen molar-refractivity contribution in [2.24, 2.45) is 10.2 Å². The van der Waals surface area contributed by atoms with Gasteiger partial charge in [0.1, 0.15) is 0 Å². The maximum absolute atomic E-state index is 8.70. The van der Waals surface area contributed by atoms with Crippen LogP contribution in [0.5, 0.6) is 0 Å². The Balaban J connectivity index is 3.20. The molecule has 0 saturated carbocycles. The molecule has 0 aromatic rings. The van der Waals surface area contributed by atoms with Crippen LogP contribution < -0.4 is 0 Å². The van der Waals surface area contributed by atoms with Gasteiger partial charge in [-0.1, -0.05) is 0 Å². The van der Waals surface area contributed by atoms with E-state index in [2.05, 4.69) is 10.2 Å². The zero-order valence-electron chi connectivity index (χ0n) is 6.36. The zero-order chi connectivity index (χ0) is 7.98. The number of azo groups is 1. The maximum atomic E-state index is 8.70. The zero-order valence-corrected chi connectivity index (χ0v) is 6.36. The topological polar surface area (TPSA) is 65.2 Å². The van der Waals surface area contributed by atoms with Crippen molar-refractivity contribution in [2.75, 3.05) is 13.1 Å². The van der Waals surface area contributed by atoms with Gasteiger partial charge in [0.25, 0.3) is 0 Å². The van der Waals surface area contributed by atoms with E-state index >= 15 is 0 Å². The van der Waals surface area contributed by atoms with Crippen molar-refractivity contribution in [3.8, 4) is 0 Å². The van der Waals surface area contributed by atoms with E-state index in [4.69, 9.17) is 10.2 Å². The van der Waals surface area contributed by atoms with Gasteiger partial charge in [0.05, 0.1) is 25.3 Å². The molecule has 0 heterocycles. The van der Waals surface area contributed by atoms with Crippen LogP contribution in [0.4, 0.5) is 0 Å². The second-order valence-corrected chi connectivity index (χ2v) is 2.35. The Kier molecular flexibility index (Phi) is 5.06. The highest BCUT2D eigenvalue weighted by Gasteiger charge is 1.92. The van der Waals surface area contributed by atoms with E-state index in [1.165, 1.54) is 0 Å². The number of hydrogen-bond donors (Lipinski definition) is 2. The van der Waals surface area contributed by atoms with Gasteiger partial charge >= 0.3 is 0 Å². The molecule has 4 heteroatoms. The molecular weight excluding hydrogens is 132 g/mol. The summed E-state index contributed by atoms with van der Waals surface area (Å²) in [4.78, 5) is 0. The lowest BCUT2D eigenvalue weighted by Gasteiger charge is -1.97. The number of rotatable bonds is 4. The number of aliphatic hydroxyl groups excluding tert-OH is 2. The van der Waals surface area contributed by atoms with E-state index < -0.39 is 12.2 Å². The summed E-state index contributed by atoms with van der Waals surface area (Å²) in [6, 6.07) is 0. The van der Waals surface area contributed by atoms with Crippen molar-refractivity contribution in [3.05, 3.63) is 0 Å². The van der Waals surface area contributed by atoms with Crippen LogP contribution in [0, 0.1) is 0 Å². The number of nitrogens with zero attached hydrogens (tertiary/aromatic N) is 2. The fourth-order valence-electron chi connectivity index (χ4n) is 0.352. The number of aliphatic hydroxyl groups is 2. The first-order chi connectivity index (χ1) is 4.63. The minimum Gasteiger partial charge on any atom is -0.391 e. The van der Waals surface area contributed by atoms with Crippen LogP contribution in [-0.2, 0) is 0 Å². The Labute approximate surface area is 60.6 Å². The highest BCUT2D eigenvalue weighted by molar-refractivity contribution is 4.50. The monoisotopic (exact) mass is 146 g/mol. The Morgan fingerprint density at radius 2 is 1.30 bits per heavy atom. The van der Waals surface area contributed by atoms with Gasteiger partial charge in [-0.05, 0) is 13.8 Å². The normalized spacial score (nSPS) is 17.6. The molecule has 0 aromatic carbocycles. The third-order valence-electron chi connectivity index (χ3n) is 0.792. The van der Waals surface area contributed by atoms with Crippen molar-refractivity contribution >= 4 is 0 Å². The van der Waals surface area contributed by atoms with Crippen molar-refractivity contribution < 1.29 is 10.2 Å². The third-order valence-corrected chi connectivity index (χ3v) is 0.792. The fraction of sp³-hybridized carbons (Fsp3) is 1.00. The van der Waals surface area contributed by atoms with Gasteiger partial charge in [-0.25, -0.2) is 0 Å². The molecule has 0 amide bonds. The molecule has 0 rings (SSSR count). The SMILES string of the molecule is CC(O)C/N=N/CC(C)O. The predicted octanol–water partition coefficient (Wildman–Crippen LogP) is 0.200. The molecule has 4 nitrogen and oxygen atoms in total. The maximum Gasteiger partial charge on any atom is 0.0855 e. The van der Waals surface area contributed by atoms with Crippen LogP contribution in [-0.4, -0.2) is 35.5 Å². The van der Waals surface area contributed by atoms with Crippen molar-refractivity contribution in [2.45, 2.75) is 26.1 Å². The van der Waals surface area contributed by atoms with Crippen LogP contribution in [0.1, 0.15) is 13.8 Å². The molecule has 0 spiro atoms. The van der Waals surface area contributed by atoms with Crippen LogP contribution in [0.15, 0.2) is 10.2 Å². The molecule has 2 unspecified atom stereocenters. The summed E-state index contributed by atoms with van der Waals surface area (Å²) >= 11 is 0. The van der Waals surface area contributed by atoms with Gasteiger partial charge in [-0.2, -0.15) is 10.2 Å². The summed E-state index contributed by atoms with van der Waals surface area (Å²) in [5.74, 6) is 0. The third kappa shape index (κ3) is 7.52. The molecular formula is C6H14N2O2. The first kappa shape index (κ1) is 9.52. The van der Waals surface area contributed by atoms with Crippen LogP contribution >= 0.6 is 0 Å². The summed E-state index contributed by atoms with van der Waals surface area (Å²) in [6.07, 6.45) is -0.893. The second kappa shape index (κ2) is 5.32. The van der Waals surface area contributed by atoms with Gasteiger partial charge in [-0.3, -0.25) is 0 Å². The van der Waals surface area contributed by atoms with Gasteiger partial charge < -0.3 is 10.2 Å².